The third-order valence-corrected chi connectivity index (χ3v) is 3.60. The van der Waals surface area contributed by atoms with Crippen LogP contribution in [0.15, 0.2) is 29.6 Å². The van der Waals surface area contributed by atoms with E-state index in [2.05, 4.69) is 15.3 Å². The second kappa shape index (κ2) is 6.98. The Hall–Kier alpha value is -1.50. The van der Waals surface area contributed by atoms with E-state index in [0.29, 0.717) is 21.6 Å². The van der Waals surface area contributed by atoms with Crippen molar-refractivity contribution in [3.8, 4) is 5.75 Å². The number of ether oxygens (including phenoxy) is 1. The highest BCUT2D eigenvalue weighted by Crippen LogP contribution is 2.28. The molecule has 0 bridgehead atoms. The van der Waals surface area contributed by atoms with Gasteiger partial charge in [-0.2, -0.15) is 0 Å². The Morgan fingerprint density at radius 3 is 2.81 bits per heavy atom. The van der Waals surface area contributed by atoms with E-state index in [0.717, 1.165) is 0 Å². The highest BCUT2D eigenvalue weighted by molar-refractivity contribution is 7.98. The first-order chi connectivity index (χ1) is 10.0. The first-order valence-electron chi connectivity index (χ1n) is 5.76. The van der Waals surface area contributed by atoms with Gasteiger partial charge >= 0.3 is 0 Å². The number of carbonyl (C=O) groups excluding carboxylic acids is 1. The molecule has 0 spiro atoms. The Kier molecular flexibility index (Phi) is 5.27. The maximum Gasteiger partial charge on any atom is 0.276 e. The number of rotatable bonds is 4. The van der Waals surface area contributed by atoms with Crippen molar-refractivity contribution < 1.29 is 9.53 Å². The summed E-state index contributed by atoms with van der Waals surface area (Å²) in [5.41, 5.74) is 0.536. The molecule has 110 valence electrons. The molecule has 1 amide bonds. The van der Waals surface area contributed by atoms with Gasteiger partial charge in [0.15, 0.2) is 10.9 Å². The topological polar surface area (TPSA) is 64.1 Å². The van der Waals surface area contributed by atoms with E-state index >= 15 is 0 Å². The molecule has 0 saturated heterocycles. The molecule has 0 unspecified atom stereocenters. The Labute approximate surface area is 136 Å². The molecule has 0 radical (unpaired) electrons. The van der Waals surface area contributed by atoms with Crippen molar-refractivity contribution in [2.75, 3.05) is 18.7 Å². The summed E-state index contributed by atoms with van der Waals surface area (Å²) >= 11 is 13.2. The first kappa shape index (κ1) is 15.9. The van der Waals surface area contributed by atoms with Gasteiger partial charge in [0, 0.05) is 5.02 Å². The predicted octanol–water partition coefficient (Wildman–Crippen LogP) is 3.77. The Bertz CT molecular complexity index is 682. The predicted molar refractivity (Wildman–Crippen MR) is 84.8 cm³/mol. The molecule has 1 aromatic heterocycles. The zero-order valence-electron chi connectivity index (χ0n) is 11.2. The number of aromatic nitrogens is 2. The van der Waals surface area contributed by atoms with Crippen molar-refractivity contribution in [1.29, 1.82) is 0 Å². The summed E-state index contributed by atoms with van der Waals surface area (Å²) in [6.07, 6.45) is 3.20. The largest absolute Gasteiger partial charge is 0.495 e. The standard InChI is InChI=1S/C13H11Cl2N3O2S/c1-20-10-4-3-7(14)5-9(10)17-12(19)11-8(15)6-16-13(18-11)21-2/h3-6H,1-2H3,(H,17,19). The fraction of sp³-hybridized carbons (Fsp3) is 0.154. The van der Waals surface area contributed by atoms with Gasteiger partial charge in [-0.1, -0.05) is 35.0 Å². The summed E-state index contributed by atoms with van der Waals surface area (Å²) < 4.78 is 5.17. The third kappa shape index (κ3) is 3.78. The van der Waals surface area contributed by atoms with Gasteiger partial charge < -0.3 is 10.1 Å². The average molecular weight is 344 g/mol. The van der Waals surface area contributed by atoms with E-state index in [1.807, 2.05) is 6.26 Å². The molecular formula is C13H11Cl2N3O2S. The summed E-state index contributed by atoms with van der Waals surface area (Å²) in [7, 11) is 1.50. The number of anilines is 1. The molecule has 1 N–H and O–H groups in total. The van der Waals surface area contributed by atoms with E-state index in [1.165, 1.54) is 25.1 Å². The van der Waals surface area contributed by atoms with Crippen LogP contribution in [-0.4, -0.2) is 29.2 Å². The Morgan fingerprint density at radius 1 is 1.38 bits per heavy atom. The Balaban J connectivity index is 2.32. The van der Waals surface area contributed by atoms with E-state index < -0.39 is 5.91 Å². The van der Waals surface area contributed by atoms with Crippen molar-refractivity contribution in [2.24, 2.45) is 0 Å². The number of thioether (sulfide) groups is 1. The minimum Gasteiger partial charge on any atom is -0.495 e. The van der Waals surface area contributed by atoms with Crippen molar-refractivity contribution in [3.05, 3.63) is 40.1 Å². The molecule has 5 nitrogen and oxygen atoms in total. The molecular weight excluding hydrogens is 333 g/mol. The second-order valence-corrected chi connectivity index (χ2v) is 5.47. The van der Waals surface area contributed by atoms with Gasteiger partial charge in [-0.25, -0.2) is 9.97 Å². The minimum absolute atomic E-state index is 0.0954. The van der Waals surface area contributed by atoms with Crippen LogP contribution in [-0.2, 0) is 0 Å². The Morgan fingerprint density at radius 2 is 2.14 bits per heavy atom. The van der Waals surface area contributed by atoms with E-state index in [-0.39, 0.29) is 10.7 Å². The number of nitrogens with one attached hydrogen (secondary N) is 1. The number of nitrogens with zero attached hydrogens (tertiary/aromatic N) is 2. The molecule has 0 aliphatic heterocycles. The summed E-state index contributed by atoms with van der Waals surface area (Å²) in [6, 6.07) is 4.91. The third-order valence-electron chi connectivity index (χ3n) is 2.53. The number of benzene rings is 1. The van der Waals surface area contributed by atoms with Crippen LogP contribution in [0.5, 0.6) is 5.75 Å². The van der Waals surface area contributed by atoms with Gasteiger partial charge in [-0.3, -0.25) is 4.79 Å². The van der Waals surface area contributed by atoms with Gasteiger partial charge in [0.2, 0.25) is 0 Å². The lowest BCUT2D eigenvalue weighted by atomic mass is 10.2. The molecule has 0 aliphatic rings. The first-order valence-corrected chi connectivity index (χ1v) is 7.74. The lowest BCUT2D eigenvalue weighted by Gasteiger charge is -2.11. The van der Waals surface area contributed by atoms with E-state index in [1.54, 1.807) is 18.2 Å². The van der Waals surface area contributed by atoms with Crippen molar-refractivity contribution in [2.45, 2.75) is 5.16 Å². The van der Waals surface area contributed by atoms with Crippen LogP contribution in [0.4, 0.5) is 5.69 Å². The lowest BCUT2D eigenvalue weighted by Crippen LogP contribution is -2.15. The second-order valence-electron chi connectivity index (χ2n) is 3.85. The van der Waals surface area contributed by atoms with Gasteiger partial charge in [0.05, 0.1) is 24.0 Å². The normalized spacial score (nSPS) is 10.3. The van der Waals surface area contributed by atoms with Gasteiger partial charge in [0.1, 0.15) is 5.75 Å². The number of methoxy groups -OCH3 is 1. The molecule has 1 heterocycles. The number of hydrogen-bond donors (Lipinski definition) is 1. The lowest BCUT2D eigenvalue weighted by molar-refractivity contribution is 0.102. The van der Waals surface area contributed by atoms with Crippen LogP contribution in [0, 0.1) is 0 Å². The summed E-state index contributed by atoms with van der Waals surface area (Å²) in [5, 5.41) is 3.79. The van der Waals surface area contributed by atoms with Gasteiger partial charge in [-0.15, -0.1) is 0 Å². The maximum absolute atomic E-state index is 12.3. The molecule has 0 aliphatic carbocycles. The van der Waals surface area contributed by atoms with Crippen LogP contribution in [0.25, 0.3) is 0 Å². The quantitative estimate of drug-likeness (QED) is 0.676. The van der Waals surface area contributed by atoms with E-state index in [4.69, 9.17) is 27.9 Å². The number of hydrogen-bond acceptors (Lipinski definition) is 5. The van der Waals surface area contributed by atoms with Crippen molar-refractivity contribution >= 4 is 46.6 Å². The zero-order valence-corrected chi connectivity index (χ0v) is 13.5. The molecule has 0 atom stereocenters. The molecule has 1 aromatic carbocycles. The van der Waals surface area contributed by atoms with Crippen LogP contribution >= 0.6 is 35.0 Å². The van der Waals surface area contributed by atoms with Crippen LogP contribution in [0.2, 0.25) is 10.0 Å². The molecule has 2 aromatic rings. The molecule has 8 heteroatoms. The fourth-order valence-electron chi connectivity index (χ4n) is 1.57. The van der Waals surface area contributed by atoms with Crippen LogP contribution < -0.4 is 10.1 Å². The summed E-state index contributed by atoms with van der Waals surface area (Å²) in [5.74, 6) is 0.0290. The zero-order chi connectivity index (χ0) is 15.4. The van der Waals surface area contributed by atoms with Crippen molar-refractivity contribution in [1.82, 2.24) is 9.97 Å². The molecule has 0 saturated carbocycles. The fourth-order valence-corrected chi connectivity index (χ4v) is 2.26. The monoisotopic (exact) mass is 343 g/mol. The van der Waals surface area contributed by atoms with Crippen LogP contribution in [0.1, 0.15) is 10.5 Å². The van der Waals surface area contributed by atoms with Gasteiger partial charge in [0.25, 0.3) is 5.91 Å². The highest BCUT2D eigenvalue weighted by atomic mass is 35.5. The molecule has 0 fully saturated rings. The van der Waals surface area contributed by atoms with E-state index in [9.17, 15) is 4.79 Å². The number of amides is 1. The molecule has 21 heavy (non-hydrogen) atoms. The summed E-state index contributed by atoms with van der Waals surface area (Å²) in [4.78, 5) is 20.4. The average Bonchev–Trinajstić information content (AvgIpc) is 2.48. The number of halogens is 2. The highest BCUT2D eigenvalue weighted by Gasteiger charge is 2.16. The van der Waals surface area contributed by atoms with Crippen LogP contribution in [0.3, 0.4) is 0 Å². The molecule has 2 rings (SSSR count). The van der Waals surface area contributed by atoms with Gasteiger partial charge in [-0.05, 0) is 24.5 Å². The SMILES string of the molecule is COc1ccc(Cl)cc1NC(=O)c1nc(SC)ncc1Cl. The minimum atomic E-state index is -0.460. The maximum atomic E-state index is 12.3. The smallest absolute Gasteiger partial charge is 0.276 e. The summed E-state index contributed by atoms with van der Waals surface area (Å²) in [6.45, 7) is 0. The van der Waals surface area contributed by atoms with Crippen molar-refractivity contribution in [3.63, 3.8) is 0 Å². The number of carbonyl (C=O) groups is 1.